The summed E-state index contributed by atoms with van der Waals surface area (Å²) in [5, 5.41) is 2.66. The Labute approximate surface area is 124 Å². The van der Waals surface area contributed by atoms with Gasteiger partial charge in [-0.2, -0.15) is 0 Å². The molecule has 1 aliphatic rings. The standard InChI is InChI=1S/C15H12F2N2O3/c16-9-1-3-12(11(17)7-9)22-14-4-2-10(8-19-14)21-13-5-6-18-15(13)20/h1-4,7-8,13H,5-6H2,(H,18,20)/t13-/m1/s1. The number of nitrogens with zero attached hydrogens (tertiary/aromatic N) is 1. The highest BCUT2D eigenvalue weighted by Crippen LogP contribution is 2.25. The summed E-state index contributed by atoms with van der Waals surface area (Å²) in [6.45, 7) is 0.585. The average molecular weight is 306 g/mol. The monoisotopic (exact) mass is 306 g/mol. The zero-order chi connectivity index (χ0) is 15.5. The summed E-state index contributed by atoms with van der Waals surface area (Å²) in [5.74, 6) is -1.24. The van der Waals surface area contributed by atoms with Gasteiger partial charge in [0.25, 0.3) is 5.91 Å². The molecule has 22 heavy (non-hydrogen) atoms. The molecular weight excluding hydrogens is 294 g/mol. The third-order valence-corrected chi connectivity index (χ3v) is 3.09. The minimum Gasteiger partial charge on any atom is -0.479 e. The zero-order valence-electron chi connectivity index (χ0n) is 11.4. The smallest absolute Gasteiger partial charge is 0.261 e. The predicted molar refractivity (Wildman–Crippen MR) is 72.7 cm³/mol. The van der Waals surface area contributed by atoms with Gasteiger partial charge in [-0.15, -0.1) is 0 Å². The van der Waals surface area contributed by atoms with Crippen LogP contribution < -0.4 is 14.8 Å². The van der Waals surface area contributed by atoms with E-state index in [2.05, 4.69) is 10.3 Å². The van der Waals surface area contributed by atoms with Gasteiger partial charge in [0.15, 0.2) is 17.7 Å². The molecule has 0 bridgehead atoms. The van der Waals surface area contributed by atoms with Gasteiger partial charge >= 0.3 is 0 Å². The Balaban J connectivity index is 1.67. The van der Waals surface area contributed by atoms with Gasteiger partial charge in [0.1, 0.15) is 11.6 Å². The van der Waals surface area contributed by atoms with Crippen molar-refractivity contribution in [3.05, 3.63) is 48.2 Å². The van der Waals surface area contributed by atoms with E-state index < -0.39 is 17.7 Å². The average Bonchev–Trinajstić information content (AvgIpc) is 2.89. The first kappa shape index (κ1) is 14.2. The molecule has 1 saturated heterocycles. The maximum absolute atomic E-state index is 13.5. The molecule has 0 unspecified atom stereocenters. The van der Waals surface area contributed by atoms with E-state index in [1.165, 1.54) is 18.3 Å². The summed E-state index contributed by atoms with van der Waals surface area (Å²) < 4.78 is 37.0. The van der Waals surface area contributed by atoms with Gasteiger partial charge in [0.2, 0.25) is 5.88 Å². The van der Waals surface area contributed by atoms with Crippen molar-refractivity contribution in [1.29, 1.82) is 0 Å². The Morgan fingerprint density at radius 3 is 2.73 bits per heavy atom. The van der Waals surface area contributed by atoms with Crippen molar-refractivity contribution in [2.45, 2.75) is 12.5 Å². The molecule has 1 N–H and O–H groups in total. The van der Waals surface area contributed by atoms with Crippen molar-refractivity contribution in [3.8, 4) is 17.4 Å². The van der Waals surface area contributed by atoms with Crippen molar-refractivity contribution < 1.29 is 23.0 Å². The molecule has 0 radical (unpaired) electrons. The normalized spacial score (nSPS) is 17.2. The fourth-order valence-electron chi connectivity index (χ4n) is 2.02. The largest absolute Gasteiger partial charge is 0.479 e. The van der Waals surface area contributed by atoms with Crippen LogP contribution in [0, 0.1) is 11.6 Å². The molecule has 1 aromatic heterocycles. The van der Waals surface area contributed by atoms with E-state index >= 15 is 0 Å². The molecule has 0 spiro atoms. The number of hydrogen-bond acceptors (Lipinski definition) is 4. The van der Waals surface area contributed by atoms with Gasteiger partial charge in [0.05, 0.1) is 6.20 Å². The van der Waals surface area contributed by atoms with E-state index in [1.807, 2.05) is 0 Å². The molecule has 1 aliphatic heterocycles. The molecule has 7 heteroatoms. The minimum absolute atomic E-state index is 0.127. The van der Waals surface area contributed by atoms with Crippen LogP contribution in [-0.4, -0.2) is 23.5 Å². The molecule has 1 atom stereocenters. The number of halogens is 2. The number of benzene rings is 1. The van der Waals surface area contributed by atoms with E-state index in [0.29, 0.717) is 18.7 Å². The highest BCUT2D eigenvalue weighted by atomic mass is 19.1. The van der Waals surface area contributed by atoms with Crippen LogP contribution >= 0.6 is 0 Å². The molecule has 114 valence electrons. The SMILES string of the molecule is O=C1NCC[C@H]1Oc1ccc(Oc2ccc(F)cc2F)nc1. The van der Waals surface area contributed by atoms with Gasteiger partial charge in [-0.3, -0.25) is 4.79 Å². The molecule has 5 nitrogen and oxygen atoms in total. The Hall–Kier alpha value is -2.70. The summed E-state index contributed by atoms with van der Waals surface area (Å²) in [5.41, 5.74) is 0. The summed E-state index contributed by atoms with van der Waals surface area (Å²) in [7, 11) is 0. The highest BCUT2D eigenvalue weighted by Gasteiger charge is 2.25. The summed E-state index contributed by atoms with van der Waals surface area (Å²) >= 11 is 0. The first-order valence-corrected chi connectivity index (χ1v) is 6.65. The van der Waals surface area contributed by atoms with Gasteiger partial charge in [-0.25, -0.2) is 13.8 Å². The Morgan fingerprint density at radius 2 is 2.09 bits per heavy atom. The van der Waals surface area contributed by atoms with E-state index in [0.717, 1.165) is 12.1 Å². The number of hydrogen-bond donors (Lipinski definition) is 1. The van der Waals surface area contributed by atoms with E-state index in [4.69, 9.17) is 9.47 Å². The van der Waals surface area contributed by atoms with Crippen molar-refractivity contribution >= 4 is 5.91 Å². The number of aromatic nitrogens is 1. The number of carbonyl (C=O) groups excluding carboxylic acids is 1. The lowest BCUT2D eigenvalue weighted by atomic mass is 10.3. The van der Waals surface area contributed by atoms with Crippen LogP contribution in [0.4, 0.5) is 8.78 Å². The fourth-order valence-corrected chi connectivity index (χ4v) is 2.02. The van der Waals surface area contributed by atoms with Crippen LogP contribution in [0.1, 0.15) is 6.42 Å². The van der Waals surface area contributed by atoms with E-state index in [1.54, 1.807) is 6.07 Å². The summed E-state index contributed by atoms with van der Waals surface area (Å²) in [4.78, 5) is 15.4. The van der Waals surface area contributed by atoms with Crippen LogP contribution in [0.15, 0.2) is 36.5 Å². The van der Waals surface area contributed by atoms with Crippen LogP contribution in [-0.2, 0) is 4.79 Å². The second-order valence-electron chi connectivity index (χ2n) is 4.70. The van der Waals surface area contributed by atoms with Crippen LogP contribution in [0.25, 0.3) is 0 Å². The van der Waals surface area contributed by atoms with Gasteiger partial charge in [-0.05, 0) is 18.2 Å². The molecule has 2 heterocycles. The molecule has 3 rings (SSSR count). The predicted octanol–water partition coefficient (Wildman–Crippen LogP) is 2.42. The Morgan fingerprint density at radius 1 is 1.23 bits per heavy atom. The third-order valence-electron chi connectivity index (χ3n) is 3.09. The number of pyridine rings is 1. The zero-order valence-corrected chi connectivity index (χ0v) is 11.4. The fraction of sp³-hybridized carbons (Fsp3) is 0.200. The second kappa shape index (κ2) is 5.97. The molecule has 1 fully saturated rings. The number of amides is 1. The first-order valence-electron chi connectivity index (χ1n) is 6.65. The third kappa shape index (κ3) is 3.13. The molecule has 0 aliphatic carbocycles. The molecule has 1 amide bonds. The van der Waals surface area contributed by atoms with E-state index in [9.17, 15) is 13.6 Å². The maximum atomic E-state index is 13.5. The van der Waals surface area contributed by atoms with Crippen molar-refractivity contribution in [3.63, 3.8) is 0 Å². The lowest BCUT2D eigenvalue weighted by molar-refractivity contribution is -0.124. The van der Waals surface area contributed by atoms with Crippen molar-refractivity contribution in [1.82, 2.24) is 10.3 Å². The quantitative estimate of drug-likeness (QED) is 0.942. The molecule has 0 saturated carbocycles. The Kier molecular flexibility index (Phi) is 3.86. The van der Waals surface area contributed by atoms with Crippen LogP contribution in [0.3, 0.4) is 0 Å². The molecule has 2 aromatic rings. The summed E-state index contributed by atoms with van der Waals surface area (Å²) in [6.07, 6.45) is 1.45. The number of nitrogens with one attached hydrogen (secondary N) is 1. The summed E-state index contributed by atoms with van der Waals surface area (Å²) in [6, 6.07) is 6.04. The van der Waals surface area contributed by atoms with Gasteiger partial charge in [-0.1, -0.05) is 0 Å². The van der Waals surface area contributed by atoms with E-state index in [-0.39, 0.29) is 17.5 Å². The van der Waals surface area contributed by atoms with Crippen molar-refractivity contribution in [2.75, 3.05) is 6.54 Å². The van der Waals surface area contributed by atoms with Crippen molar-refractivity contribution in [2.24, 2.45) is 0 Å². The Bertz CT molecular complexity index is 692. The minimum atomic E-state index is -0.815. The maximum Gasteiger partial charge on any atom is 0.261 e. The highest BCUT2D eigenvalue weighted by molar-refractivity contribution is 5.83. The first-order chi connectivity index (χ1) is 10.6. The lowest BCUT2D eigenvalue weighted by Gasteiger charge is -2.11. The second-order valence-corrected chi connectivity index (χ2v) is 4.70. The molecular formula is C15H12F2N2O3. The topological polar surface area (TPSA) is 60.5 Å². The molecule has 1 aromatic carbocycles. The van der Waals surface area contributed by atoms with Crippen LogP contribution in [0.2, 0.25) is 0 Å². The van der Waals surface area contributed by atoms with Gasteiger partial charge < -0.3 is 14.8 Å². The number of carbonyl (C=O) groups is 1. The van der Waals surface area contributed by atoms with Crippen LogP contribution in [0.5, 0.6) is 17.4 Å². The number of ether oxygens (including phenoxy) is 2. The lowest BCUT2D eigenvalue weighted by Crippen LogP contribution is -2.27. The number of rotatable bonds is 4. The van der Waals surface area contributed by atoms with Gasteiger partial charge in [0, 0.05) is 25.1 Å².